The molecule has 8 nitrogen and oxygen atoms in total. The average molecular weight is 376 g/mol. The van der Waals surface area contributed by atoms with Gasteiger partial charge in [-0.15, -0.1) is 0 Å². The molecule has 0 spiro atoms. The van der Waals surface area contributed by atoms with Crippen molar-refractivity contribution in [3.8, 4) is 11.5 Å². The second-order valence-corrected chi connectivity index (χ2v) is 6.09. The standard InChI is InChI=1S/C19H24N2O6/c1-12-17(19(23)27-5)14(11-20(2)24)18(22)21(12)9-8-13-6-7-15(25-3)16(10-13)26-4/h6-7,10-11,14H,8-9H2,1-5H3/b20-11-. The Balaban J connectivity index is 2.25. The number of benzene rings is 1. The molecule has 1 heterocycles. The van der Waals surface area contributed by atoms with Gasteiger partial charge in [0.2, 0.25) is 5.91 Å². The molecule has 0 fully saturated rings. The minimum atomic E-state index is -0.939. The maximum absolute atomic E-state index is 12.8. The second kappa shape index (κ2) is 8.57. The summed E-state index contributed by atoms with van der Waals surface area (Å²) in [6, 6.07) is 5.53. The summed E-state index contributed by atoms with van der Waals surface area (Å²) in [4.78, 5) is 26.4. The van der Waals surface area contributed by atoms with Crippen LogP contribution in [0, 0.1) is 11.1 Å². The van der Waals surface area contributed by atoms with E-state index in [1.165, 1.54) is 25.3 Å². The van der Waals surface area contributed by atoms with Crippen LogP contribution in [-0.2, 0) is 20.7 Å². The van der Waals surface area contributed by atoms with Crippen LogP contribution in [-0.4, -0.2) is 62.7 Å². The van der Waals surface area contributed by atoms with Crippen molar-refractivity contribution in [2.75, 3.05) is 34.9 Å². The summed E-state index contributed by atoms with van der Waals surface area (Å²) in [5.41, 5.74) is 1.63. The number of carbonyl (C=O) groups is 2. The molecule has 1 unspecified atom stereocenters. The summed E-state index contributed by atoms with van der Waals surface area (Å²) < 4.78 is 15.8. The van der Waals surface area contributed by atoms with Crippen molar-refractivity contribution >= 4 is 18.1 Å². The minimum absolute atomic E-state index is 0.192. The first-order valence-electron chi connectivity index (χ1n) is 8.40. The van der Waals surface area contributed by atoms with E-state index in [0.717, 1.165) is 5.56 Å². The molecule has 0 aliphatic carbocycles. The number of allylic oxidation sites excluding steroid dienone is 1. The van der Waals surface area contributed by atoms with E-state index in [1.54, 1.807) is 27.2 Å². The highest BCUT2D eigenvalue weighted by Gasteiger charge is 2.42. The molecule has 146 valence electrons. The number of hydrogen-bond acceptors (Lipinski definition) is 6. The number of esters is 1. The van der Waals surface area contributed by atoms with E-state index in [9.17, 15) is 14.8 Å². The van der Waals surface area contributed by atoms with Crippen LogP contribution in [0.3, 0.4) is 0 Å². The lowest BCUT2D eigenvalue weighted by Crippen LogP contribution is -2.32. The van der Waals surface area contributed by atoms with Crippen LogP contribution in [0.25, 0.3) is 0 Å². The molecule has 0 radical (unpaired) electrons. The molecule has 1 aromatic rings. The summed E-state index contributed by atoms with van der Waals surface area (Å²) in [5.74, 6) is -0.654. The molecule has 0 saturated heterocycles. The van der Waals surface area contributed by atoms with Gasteiger partial charge in [-0.05, 0) is 31.0 Å². The Labute approximate surface area is 158 Å². The van der Waals surface area contributed by atoms with Crippen LogP contribution >= 0.6 is 0 Å². The van der Waals surface area contributed by atoms with Crippen molar-refractivity contribution in [3.05, 3.63) is 40.2 Å². The van der Waals surface area contributed by atoms with E-state index in [2.05, 4.69) is 0 Å². The first-order valence-corrected chi connectivity index (χ1v) is 8.40. The number of methoxy groups -OCH3 is 3. The fraction of sp³-hybridized carbons (Fsp3) is 0.421. The van der Waals surface area contributed by atoms with Gasteiger partial charge in [0.15, 0.2) is 17.7 Å². The molecular formula is C19H24N2O6. The smallest absolute Gasteiger partial charge is 0.336 e. The zero-order chi connectivity index (χ0) is 20.1. The van der Waals surface area contributed by atoms with Crippen molar-refractivity contribution < 1.29 is 28.5 Å². The molecule has 0 bridgehead atoms. The molecule has 1 aliphatic rings. The van der Waals surface area contributed by atoms with E-state index >= 15 is 0 Å². The van der Waals surface area contributed by atoms with Gasteiger partial charge in [0.05, 0.1) is 26.9 Å². The van der Waals surface area contributed by atoms with Gasteiger partial charge in [-0.3, -0.25) is 4.79 Å². The monoisotopic (exact) mass is 376 g/mol. The fourth-order valence-electron chi connectivity index (χ4n) is 3.11. The maximum atomic E-state index is 12.8. The largest absolute Gasteiger partial charge is 0.624 e. The molecule has 1 atom stereocenters. The lowest BCUT2D eigenvalue weighted by Gasteiger charge is -2.19. The number of nitrogens with zero attached hydrogens (tertiary/aromatic N) is 2. The van der Waals surface area contributed by atoms with E-state index in [0.29, 0.717) is 34.9 Å². The van der Waals surface area contributed by atoms with Gasteiger partial charge >= 0.3 is 5.97 Å². The zero-order valence-electron chi connectivity index (χ0n) is 16.1. The molecule has 0 N–H and O–H groups in total. The Hall–Kier alpha value is -3.03. The molecule has 1 aromatic carbocycles. The van der Waals surface area contributed by atoms with Crippen LogP contribution < -0.4 is 9.47 Å². The highest BCUT2D eigenvalue weighted by Crippen LogP contribution is 2.31. The minimum Gasteiger partial charge on any atom is -0.624 e. The van der Waals surface area contributed by atoms with Crippen LogP contribution in [0.2, 0.25) is 0 Å². The summed E-state index contributed by atoms with van der Waals surface area (Å²) in [6.07, 6.45) is 1.71. The average Bonchev–Trinajstić information content (AvgIpc) is 2.88. The Kier molecular flexibility index (Phi) is 6.44. The third kappa shape index (κ3) is 4.21. The molecule has 27 heavy (non-hydrogen) atoms. The lowest BCUT2D eigenvalue weighted by molar-refractivity contribution is -0.419. The zero-order valence-corrected chi connectivity index (χ0v) is 16.1. The third-order valence-corrected chi connectivity index (χ3v) is 4.47. The van der Waals surface area contributed by atoms with Gasteiger partial charge in [-0.1, -0.05) is 6.07 Å². The van der Waals surface area contributed by atoms with Crippen molar-refractivity contribution in [2.45, 2.75) is 13.3 Å². The summed E-state index contributed by atoms with van der Waals surface area (Å²) in [5, 5.41) is 11.4. The lowest BCUT2D eigenvalue weighted by atomic mass is 10.0. The SMILES string of the molecule is COC(=O)C1=C(C)N(CCc2ccc(OC)c(OC)c2)C(=O)C1/C=[N+](/C)[O-]. The topological polar surface area (TPSA) is 91.1 Å². The maximum Gasteiger partial charge on any atom is 0.336 e. The Bertz CT molecular complexity index is 795. The first-order chi connectivity index (χ1) is 12.8. The molecule has 0 aromatic heterocycles. The fourth-order valence-corrected chi connectivity index (χ4v) is 3.11. The molecule has 1 aliphatic heterocycles. The van der Waals surface area contributed by atoms with E-state index < -0.39 is 11.9 Å². The highest BCUT2D eigenvalue weighted by atomic mass is 16.5. The summed E-state index contributed by atoms with van der Waals surface area (Å²) in [6.45, 7) is 2.03. The highest BCUT2D eigenvalue weighted by molar-refractivity contribution is 6.09. The number of ether oxygens (including phenoxy) is 3. The van der Waals surface area contributed by atoms with Crippen molar-refractivity contribution in [3.63, 3.8) is 0 Å². The molecule has 8 heteroatoms. The van der Waals surface area contributed by atoms with E-state index in [4.69, 9.17) is 14.2 Å². The summed E-state index contributed by atoms with van der Waals surface area (Å²) >= 11 is 0. The molecule has 0 saturated carbocycles. The Morgan fingerprint density at radius 2 is 1.93 bits per heavy atom. The number of hydrogen-bond donors (Lipinski definition) is 0. The van der Waals surface area contributed by atoms with Gasteiger partial charge in [0.25, 0.3) is 0 Å². The predicted octanol–water partition coefficient (Wildman–Crippen LogP) is 1.36. The van der Waals surface area contributed by atoms with Crippen molar-refractivity contribution in [1.29, 1.82) is 0 Å². The van der Waals surface area contributed by atoms with Gasteiger partial charge in [-0.25, -0.2) is 9.53 Å². The Morgan fingerprint density at radius 1 is 1.26 bits per heavy atom. The van der Waals surface area contributed by atoms with Crippen molar-refractivity contribution in [2.24, 2.45) is 5.92 Å². The van der Waals surface area contributed by atoms with Crippen LogP contribution in [0.4, 0.5) is 0 Å². The van der Waals surface area contributed by atoms with Crippen LogP contribution in [0.5, 0.6) is 11.5 Å². The third-order valence-electron chi connectivity index (χ3n) is 4.47. The normalized spacial score (nSPS) is 17.4. The second-order valence-electron chi connectivity index (χ2n) is 6.09. The number of hydroxylamine groups is 1. The summed E-state index contributed by atoms with van der Waals surface area (Å²) in [7, 11) is 5.63. The number of rotatable bonds is 7. The van der Waals surface area contributed by atoms with Gasteiger partial charge < -0.3 is 24.3 Å². The quantitative estimate of drug-likeness (QED) is 0.235. The molecule has 1 amide bonds. The number of amides is 1. The van der Waals surface area contributed by atoms with Gasteiger partial charge in [-0.2, -0.15) is 0 Å². The van der Waals surface area contributed by atoms with Gasteiger partial charge in [0, 0.05) is 12.2 Å². The van der Waals surface area contributed by atoms with E-state index in [-0.39, 0.29) is 11.5 Å². The predicted molar refractivity (Wildman–Crippen MR) is 98.8 cm³/mol. The van der Waals surface area contributed by atoms with Gasteiger partial charge in [0.1, 0.15) is 13.0 Å². The van der Waals surface area contributed by atoms with E-state index in [1.807, 2.05) is 12.1 Å². The van der Waals surface area contributed by atoms with Crippen LogP contribution in [0.1, 0.15) is 12.5 Å². The number of carbonyl (C=O) groups excluding carboxylic acids is 2. The van der Waals surface area contributed by atoms with Crippen molar-refractivity contribution in [1.82, 2.24) is 4.90 Å². The Morgan fingerprint density at radius 3 is 2.48 bits per heavy atom. The van der Waals surface area contributed by atoms with Crippen LogP contribution in [0.15, 0.2) is 29.5 Å². The first kappa shape index (κ1) is 20.3. The molecule has 2 rings (SSSR count). The molecular weight excluding hydrogens is 352 g/mol.